The van der Waals surface area contributed by atoms with Crippen molar-refractivity contribution in [2.45, 2.75) is 19.1 Å². The smallest absolute Gasteiger partial charge is 0.407 e. The van der Waals surface area contributed by atoms with E-state index in [1.165, 1.54) is 0 Å². The van der Waals surface area contributed by atoms with Crippen molar-refractivity contribution >= 4 is 6.09 Å². The van der Waals surface area contributed by atoms with E-state index in [1.54, 1.807) is 6.92 Å². The summed E-state index contributed by atoms with van der Waals surface area (Å²) in [5.41, 5.74) is 0.180. The minimum absolute atomic E-state index is 0.0109. The highest BCUT2D eigenvalue weighted by atomic mass is 16.5. The molecule has 5 heteroatoms. The molecular weight excluding hydrogens is 244 g/mol. The molecule has 1 saturated heterocycles. The SMILES string of the molecule is CC1(O)CNCC1CNC(=O)OCc1ccccc1. The topological polar surface area (TPSA) is 70.6 Å². The Hall–Kier alpha value is -1.59. The summed E-state index contributed by atoms with van der Waals surface area (Å²) in [5.74, 6) is 0.0109. The lowest BCUT2D eigenvalue weighted by molar-refractivity contribution is 0.0357. The Kier molecular flexibility index (Phi) is 4.39. The number of amides is 1. The van der Waals surface area contributed by atoms with Gasteiger partial charge in [0.15, 0.2) is 0 Å². The van der Waals surface area contributed by atoms with Crippen molar-refractivity contribution in [3.63, 3.8) is 0 Å². The Balaban J connectivity index is 1.70. The van der Waals surface area contributed by atoms with Gasteiger partial charge in [0.2, 0.25) is 0 Å². The third-order valence-corrected chi connectivity index (χ3v) is 3.46. The number of benzene rings is 1. The van der Waals surface area contributed by atoms with Crippen molar-refractivity contribution in [3.05, 3.63) is 35.9 Å². The van der Waals surface area contributed by atoms with Gasteiger partial charge in [-0.25, -0.2) is 4.79 Å². The molecule has 5 nitrogen and oxygen atoms in total. The van der Waals surface area contributed by atoms with Crippen molar-refractivity contribution in [2.75, 3.05) is 19.6 Å². The lowest BCUT2D eigenvalue weighted by atomic mass is 9.93. The highest BCUT2D eigenvalue weighted by Gasteiger charge is 2.36. The molecule has 1 aromatic carbocycles. The molecule has 0 aromatic heterocycles. The first-order valence-electron chi connectivity index (χ1n) is 6.45. The number of hydrogen-bond donors (Lipinski definition) is 3. The van der Waals surface area contributed by atoms with E-state index in [0.717, 1.165) is 5.56 Å². The van der Waals surface area contributed by atoms with Crippen molar-refractivity contribution in [2.24, 2.45) is 5.92 Å². The van der Waals surface area contributed by atoms with Gasteiger partial charge in [0, 0.05) is 25.6 Å². The summed E-state index contributed by atoms with van der Waals surface area (Å²) >= 11 is 0. The molecule has 0 radical (unpaired) electrons. The van der Waals surface area contributed by atoms with Gasteiger partial charge in [0.1, 0.15) is 6.61 Å². The summed E-state index contributed by atoms with van der Waals surface area (Å²) in [6, 6.07) is 9.52. The molecule has 0 aliphatic carbocycles. The standard InChI is InChI=1S/C14H20N2O3/c1-14(18)10-15-7-12(14)8-16-13(17)19-9-11-5-3-2-4-6-11/h2-6,12,15,18H,7-10H2,1H3,(H,16,17). The number of hydrogen-bond acceptors (Lipinski definition) is 4. The summed E-state index contributed by atoms with van der Waals surface area (Å²) in [6.07, 6.45) is -0.452. The molecule has 19 heavy (non-hydrogen) atoms. The van der Waals surface area contributed by atoms with Crippen LogP contribution in [0.3, 0.4) is 0 Å². The molecule has 1 heterocycles. The maximum atomic E-state index is 11.5. The Morgan fingerprint density at radius 1 is 1.53 bits per heavy atom. The molecule has 104 valence electrons. The van der Waals surface area contributed by atoms with Crippen LogP contribution in [0.2, 0.25) is 0 Å². The summed E-state index contributed by atoms with van der Waals surface area (Å²) in [7, 11) is 0. The Morgan fingerprint density at radius 3 is 2.89 bits per heavy atom. The quantitative estimate of drug-likeness (QED) is 0.755. The van der Waals surface area contributed by atoms with E-state index in [1.807, 2.05) is 30.3 Å². The van der Waals surface area contributed by atoms with Crippen LogP contribution in [-0.4, -0.2) is 36.4 Å². The largest absolute Gasteiger partial charge is 0.445 e. The Bertz CT molecular complexity index is 420. The molecule has 1 fully saturated rings. The van der Waals surface area contributed by atoms with E-state index in [2.05, 4.69) is 10.6 Å². The molecule has 1 aromatic rings. The summed E-state index contributed by atoms with van der Waals surface area (Å²) in [5, 5.41) is 15.8. The van der Waals surface area contributed by atoms with Crippen molar-refractivity contribution in [3.8, 4) is 0 Å². The maximum absolute atomic E-state index is 11.5. The summed E-state index contributed by atoms with van der Waals surface area (Å²) in [6.45, 7) is 3.69. The van der Waals surface area contributed by atoms with Crippen LogP contribution in [-0.2, 0) is 11.3 Å². The second-order valence-corrected chi connectivity index (χ2v) is 5.13. The van der Waals surface area contributed by atoms with Crippen LogP contribution in [0.25, 0.3) is 0 Å². The van der Waals surface area contributed by atoms with Gasteiger partial charge in [-0.15, -0.1) is 0 Å². The van der Waals surface area contributed by atoms with E-state index < -0.39 is 11.7 Å². The third-order valence-electron chi connectivity index (χ3n) is 3.46. The molecular formula is C14H20N2O3. The minimum atomic E-state index is -0.771. The number of ether oxygens (including phenoxy) is 1. The molecule has 3 N–H and O–H groups in total. The molecule has 1 aliphatic rings. The predicted octanol–water partition coefficient (Wildman–Crippen LogP) is 0.883. The zero-order chi connectivity index (χ0) is 13.7. The minimum Gasteiger partial charge on any atom is -0.445 e. The van der Waals surface area contributed by atoms with Crippen LogP contribution >= 0.6 is 0 Å². The fourth-order valence-corrected chi connectivity index (χ4v) is 2.14. The van der Waals surface area contributed by atoms with Crippen LogP contribution in [0.4, 0.5) is 4.79 Å². The third kappa shape index (κ3) is 3.94. The van der Waals surface area contributed by atoms with Gasteiger partial charge in [-0.1, -0.05) is 30.3 Å². The Morgan fingerprint density at radius 2 is 2.26 bits per heavy atom. The van der Waals surface area contributed by atoms with Gasteiger partial charge < -0.3 is 20.5 Å². The number of carbonyl (C=O) groups is 1. The van der Waals surface area contributed by atoms with Gasteiger partial charge in [-0.3, -0.25) is 0 Å². The highest BCUT2D eigenvalue weighted by molar-refractivity contribution is 5.67. The van der Waals surface area contributed by atoms with Crippen molar-refractivity contribution < 1.29 is 14.6 Å². The highest BCUT2D eigenvalue weighted by Crippen LogP contribution is 2.20. The number of aliphatic hydroxyl groups is 1. The van der Waals surface area contributed by atoms with Gasteiger partial charge in [0.25, 0.3) is 0 Å². The van der Waals surface area contributed by atoms with Crippen LogP contribution in [0.5, 0.6) is 0 Å². The molecule has 2 rings (SSSR count). The zero-order valence-corrected chi connectivity index (χ0v) is 11.1. The number of carbonyl (C=O) groups excluding carboxylic acids is 1. The fourth-order valence-electron chi connectivity index (χ4n) is 2.14. The number of nitrogens with one attached hydrogen (secondary N) is 2. The van der Waals surface area contributed by atoms with E-state index in [4.69, 9.17) is 4.74 Å². The molecule has 0 saturated carbocycles. The van der Waals surface area contributed by atoms with Crippen LogP contribution in [0.15, 0.2) is 30.3 Å². The molecule has 1 aliphatic heterocycles. The lowest BCUT2D eigenvalue weighted by Gasteiger charge is -2.24. The number of rotatable bonds is 4. The molecule has 2 atom stereocenters. The second-order valence-electron chi connectivity index (χ2n) is 5.13. The van der Waals surface area contributed by atoms with Gasteiger partial charge in [-0.05, 0) is 12.5 Å². The first kappa shape index (κ1) is 13.8. The predicted molar refractivity (Wildman–Crippen MR) is 71.6 cm³/mol. The summed E-state index contributed by atoms with van der Waals surface area (Å²) < 4.78 is 5.10. The number of alkyl carbamates (subject to hydrolysis) is 1. The molecule has 1 amide bonds. The van der Waals surface area contributed by atoms with Crippen molar-refractivity contribution in [1.82, 2.24) is 10.6 Å². The molecule has 0 spiro atoms. The maximum Gasteiger partial charge on any atom is 0.407 e. The van der Waals surface area contributed by atoms with E-state index in [0.29, 0.717) is 19.6 Å². The Labute approximate surface area is 113 Å². The summed E-state index contributed by atoms with van der Waals surface area (Å²) in [4.78, 5) is 11.5. The number of β-amino-alcohol motifs (C(OH)–C–C–N with tert-alkyl or cyclic N) is 1. The average molecular weight is 264 g/mol. The first-order valence-corrected chi connectivity index (χ1v) is 6.45. The second kappa shape index (κ2) is 6.04. The van der Waals surface area contributed by atoms with E-state index >= 15 is 0 Å². The monoisotopic (exact) mass is 264 g/mol. The van der Waals surface area contributed by atoms with E-state index in [9.17, 15) is 9.90 Å². The first-order chi connectivity index (χ1) is 9.08. The van der Waals surface area contributed by atoms with E-state index in [-0.39, 0.29) is 12.5 Å². The van der Waals surface area contributed by atoms with Gasteiger partial charge in [0.05, 0.1) is 5.60 Å². The van der Waals surface area contributed by atoms with Crippen LogP contribution in [0.1, 0.15) is 12.5 Å². The average Bonchev–Trinajstić information content (AvgIpc) is 2.74. The van der Waals surface area contributed by atoms with Crippen LogP contribution < -0.4 is 10.6 Å². The molecule has 0 bridgehead atoms. The molecule has 2 unspecified atom stereocenters. The van der Waals surface area contributed by atoms with Crippen LogP contribution in [0, 0.1) is 5.92 Å². The fraction of sp³-hybridized carbons (Fsp3) is 0.500. The van der Waals surface area contributed by atoms with Gasteiger partial charge >= 0.3 is 6.09 Å². The lowest BCUT2D eigenvalue weighted by Crippen LogP contribution is -2.41. The van der Waals surface area contributed by atoms with Gasteiger partial charge in [-0.2, -0.15) is 0 Å². The zero-order valence-electron chi connectivity index (χ0n) is 11.1. The van der Waals surface area contributed by atoms with Crippen molar-refractivity contribution in [1.29, 1.82) is 0 Å². The normalized spacial score (nSPS) is 26.1.